The number of quaternary nitrogens is 2. The van der Waals surface area contributed by atoms with E-state index < -0.39 is 0 Å². The van der Waals surface area contributed by atoms with Crippen LogP contribution in [0, 0.1) is 0 Å². The molecule has 0 N–H and O–H groups in total. The van der Waals surface area contributed by atoms with Gasteiger partial charge in [0, 0.05) is 0 Å². The van der Waals surface area contributed by atoms with E-state index in [1.165, 1.54) is 190 Å². The van der Waals surface area contributed by atoms with Gasteiger partial charge in [-0.25, -0.2) is 0 Å². The normalized spacial score (nSPS) is 12.5. The van der Waals surface area contributed by atoms with E-state index in [2.05, 4.69) is 41.5 Å². The van der Waals surface area contributed by atoms with Crippen molar-refractivity contribution in [2.24, 2.45) is 0 Å². The molecule has 0 aliphatic rings. The van der Waals surface area contributed by atoms with Crippen LogP contribution >= 0.6 is 0 Å². The molecule has 0 aromatic heterocycles. The molecule has 0 aliphatic carbocycles. The molecule has 0 aromatic carbocycles. The van der Waals surface area contributed by atoms with Gasteiger partial charge in [0.15, 0.2) is 0 Å². The van der Waals surface area contributed by atoms with Crippen molar-refractivity contribution in [2.75, 3.05) is 52.4 Å². The molecule has 0 atom stereocenters. The number of unbranched alkanes of at least 4 members (excludes halogenated alkanes) is 13. The molecule has 2 nitrogen and oxygen atoms in total. The molecular formula is C34H74N2+2. The van der Waals surface area contributed by atoms with Crippen LogP contribution in [0.15, 0.2) is 0 Å². The zero-order chi connectivity index (χ0) is 26.8. The van der Waals surface area contributed by atoms with Crippen molar-refractivity contribution in [3.8, 4) is 0 Å². The maximum Gasteiger partial charge on any atom is 0.0786 e. The van der Waals surface area contributed by atoms with Crippen molar-refractivity contribution in [1.82, 2.24) is 0 Å². The first kappa shape index (κ1) is 35.9. The third-order valence-corrected chi connectivity index (χ3v) is 8.93. The second-order valence-electron chi connectivity index (χ2n) is 12.4. The fraction of sp³-hybridized carbons (Fsp3) is 1.00. The third-order valence-electron chi connectivity index (χ3n) is 8.93. The van der Waals surface area contributed by atoms with E-state index in [0.29, 0.717) is 0 Å². The van der Waals surface area contributed by atoms with E-state index in [9.17, 15) is 0 Å². The standard InChI is InChI=1S/C34H74N2/c1-7-13-27-35(28-14-8-2,29-15-9-3)33-25-23-21-19-20-22-24-26-34-36(30-16-10-4,31-17-11-5)32-18-12-6/h7-34H2,1-6H3/q+2. The minimum atomic E-state index is 1.36. The summed E-state index contributed by atoms with van der Waals surface area (Å²) in [7, 11) is 0. The van der Waals surface area contributed by atoms with Gasteiger partial charge in [-0.2, -0.15) is 0 Å². The minimum Gasteiger partial charge on any atom is -0.324 e. The third kappa shape index (κ3) is 18.2. The van der Waals surface area contributed by atoms with Crippen molar-refractivity contribution in [3.63, 3.8) is 0 Å². The maximum atomic E-state index is 2.37. The van der Waals surface area contributed by atoms with Crippen LogP contribution < -0.4 is 0 Å². The van der Waals surface area contributed by atoms with Gasteiger partial charge in [-0.1, -0.05) is 106 Å². The molecule has 0 rings (SSSR count). The average Bonchev–Trinajstić information content (AvgIpc) is 2.90. The summed E-state index contributed by atoms with van der Waals surface area (Å²) in [6, 6.07) is 0. The first-order valence-electron chi connectivity index (χ1n) is 17.3. The van der Waals surface area contributed by atoms with Crippen LogP contribution in [0.2, 0.25) is 0 Å². The lowest BCUT2D eigenvalue weighted by atomic mass is 10.1. The number of rotatable bonds is 29. The van der Waals surface area contributed by atoms with Crippen LogP contribution in [0.4, 0.5) is 0 Å². The van der Waals surface area contributed by atoms with Crippen LogP contribution in [0.5, 0.6) is 0 Å². The Balaban J connectivity index is 4.30. The Morgan fingerprint density at radius 2 is 0.389 bits per heavy atom. The molecule has 0 saturated heterocycles. The molecule has 0 saturated carbocycles. The zero-order valence-corrected chi connectivity index (χ0v) is 26.7. The quantitative estimate of drug-likeness (QED) is 0.0693. The second-order valence-corrected chi connectivity index (χ2v) is 12.4. The number of nitrogens with zero attached hydrogens (tertiary/aromatic N) is 2. The van der Waals surface area contributed by atoms with Crippen molar-refractivity contribution < 1.29 is 8.97 Å². The van der Waals surface area contributed by atoms with Gasteiger partial charge in [-0.05, 0) is 64.2 Å². The highest BCUT2D eigenvalue weighted by Gasteiger charge is 2.26. The molecule has 218 valence electrons. The number of hydrogen-bond acceptors (Lipinski definition) is 0. The Hall–Kier alpha value is -0.0800. The van der Waals surface area contributed by atoms with Crippen molar-refractivity contribution in [1.29, 1.82) is 0 Å². The zero-order valence-electron chi connectivity index (χ0n) is 26.7. The molecule has 0 bridgehead atoms. The van der Waals surface area contributed by atoms with Gasteiger partial charge in [-0.15, -0.1) is 0 Å². The van der Waals surface area contributed by atoms with Crippen LogP contribution in [-0.4, -0.2) is 61.3 Å². The van der Waals surface area contributed by atoms with Crippen molar-refractivity contribution >= 4 is 0 Å². The largest absolute Gasteiger partial charge is 0.324 e. The molecule has 0 unspecified atom stereocenters. The van der Waals surface area contributed by atoms with Crippen molar-refractivity contribution in [3.05, 3.63) is 0 Å². The summed E-state index contributed by atoms with van der Waals surface area (Å²) >= 11 is 0. The maximum absolute atomic E-state index is 2.37. The Morgan fingerprint density at radius 1 is 0.222 bits per heavy atom. The van der Waals surface area contributed by atoms with Gasteiger partial charge in [0.05, 0.1) is 52.4 Å². The highest BCUT2D eigenvalue weighted by Crippen LogP contribution is 2.20. The second kappa shape index (κ2) is 25.2. The van der Waals surface area contributed by atoms with E-state index in [1.807, 2.05) is 0 Å². The topological polar surface area (TPSA) is 0 Å². The van der Waals surface area contributed by atoms with Crippen LogP contribution in [-0.2, 0) is 0 Å². The average molecular weight is 511 g/mol. The predicted molar refractivity (Wildman–Crippen MR) is 166 cm³/mol. The van der Waals surface area contributed by atoms with Crippen LogP contribution in [0.3, 0.4) is 0 Å². The lowest BCUT2D eigenvalue weighted by Gasteiger charge is -2.39. The van der Waals surface area contributed by atoms with E-state index in [4.69, 9.17) is 0 Å². The molecule has 0 heterocycles. The smallest absolute Gasteiger partial charge is 0.0786 e. The summed E-state index contributed by atoms with van der Waals surface area (Å²) in [6.07, 6.45) is 28.4. The van der Waals surface area contributed by atoms with Gasteiger partial charge < -0.3 is 8.97 Å². The highest BCUT2D eigenvalue weighted by molar-refractivity contribution is 4.54. The van der Waals surface area contributed by atoms with E-state index >= 15 is 0 Å². The summed E-state index contributed by atoms with van der Waals surface area (Å²) in [5.41, 5.74) is 0. The summed E-state index contributed by atoms with van der Waals surface area (Å²) in [5.74, 6) is 0. The van der Waals surface area contributed by atoms with E-state index in [-0.39, 0.29) is 0 Å². The minimum absolute atomic E-state index is 1.36. The van der Waals surface area contributed by atoms with Gasteiger partial charge in [0.25, 0.3) is 0 Å². The van der Waals surface area contributed by atoms with Gasteiger partial charge >= 0.3 is 0 Å². The fourth-order valence-corrected chi connectivity index (χ4v) is 6.26. The Morgan fingerprint density at radius 3 is 0.583 bits per heavy atom. The molecule has 0 amide bonds. The Bertz CT molecular complexity index is 349. The SMILES string of the molecule is CCCC[N+](CCCC)(CCCC)CCCCCCCCCC[N+](CCCC)(CCCC)CCCC. The summed E-state index contributed by atoms with van der Waals surface area (Å²) in [4.78, 5) is 0. The molecule has 36 heavy (non-hydrogen) atoms. The first-order valence-corrected chi connectivity index (χ1v) is 17.3. The molecule has 0 spiro atoms. The lowest BCUT2D eigenvalue weighted by molar-refractivity contribution is -0.929. The summed E-state index contributed by atoms with van der Waals surface area (Å²) in [5, 5.41) is 0. The van der Waals surface area contributed by atoms with Crippen LogP contribution in [0.1, 0.15) is 170 Å². The Labute approximate surface area is 231 Å². The summed E-state index contributed by atoms with van der Waals surface area (Å²) < 4.78 is 2.87. The molecule has 2 heteroatoms. The van der Waals surface area contributed by atoms with Gasteiger partial charge in [0.1, 0.15) is 0 Å². The van der Waals surface area contributed by atoms with Gasteiger partial charge in [0.2, 0.25) is 0 Å². The van der Waals surface area contributed by atoms with Gasteiger partial charge in [-0.3, -0.25) is 0 Å². The summed E-state index contributed by atoms with van der Waals surface area (Å²) in [6.45, 7) is 25.7. The molecule has 0 aliphatic heterocycles. The first-order chi connectivity index (χ1) is 17.6. The predicted octanol–water partition coefficient (Wildman–Crippen LogP) is 10.5. The molecular weight excluding hydrogens is 436 g/mol. The van der Waals surface area contributed by atoms with E-state index in [0.717, 1.165) is 0 Å². The molecule has 0 aromatic rings. The Kier molecular flexibility index (Phi) is 25.2. The van der Waals surface area contributed by atoms with Crippen LogP contribution in [0.25, 0.3) is 0 Å². The highest BCUT2D eigenvalue weighted by atomic mass is 15.4. The van der Waals surface area contributed by atoms with E-state index in [1.54, 1.807) is 0 Å². The lowest BCUT2D eigenvalue weighted by Crippen LogP contribution is -2.50. The monoisotopic (exact) mass is 511 g/mol. The molecule has 0 fully saturated rings. The molecule has 0 radical (unpaired) electrons. The fourth-order valence-electron chi connectivity index (χ4n) is 6.26. The van der Waals surface area contributed by atoms with Crippen molar-refractivity contribution in [2.45, 2.75) is 170 Å². The number of hydrogen-bond donors (Lipinski definition) is 0.